The van der Waals surface area contributed by atoms with Crippen molar-refractivity contribution in [1.82, 2.24) is 9.97 Å². The highest BCUT2D eigenvalue weighted by Gasteiger charge is 2.17. The lowest BCUT2D eigenvalue weighted by Gasteiger charge is -2.06. The van der Waals surface area contributed by atoms with Gasteiger partial charge in [0.1, 0.15) is 5.01 Å². The minimum absolute atomic E-state index is 0.0337. The van der Waals surface area contributed by atoms with Crippen LogP contribution in [0.4, 0.5) is 0 Å². The minimum Gasteiger partial charge on any atom is -0.323 e. The summed E-state index contributed by atoms with van der Waals surface area (Å²) in [5, 5.41) is 0.987. The number of hydrogen-bond acceptors (Lipinski definition) is 4. The number of benzene rings is 1. The molecule has 0 fully saturated rings. The molecule has 3 nitrogen and oxygen atoms in total. The van der Waals surface area contributed by atoms with Crippen LogP contribution in [-0.4, -0.2) is 9.97 Å². The topological polar surface area (TPSA) is 51.8 Å². The van der Waals surface area contributed by atoms with Crippen LogP contribution in [0.15, 0.2) is 48.8 Å². The zero-order chi connectivity index (χ0) is 14.8. The highest BCUT2D eigenvalue weighted by atomic mass is 32.1. The Labute approximate surface area is 128 Å². The fourth-order valence-electron chi connectivity index (χ4n) is 2.26. The molecule has 0 aliphatic carbocycles. The van der Waals surface area contributed by atoms with E-state index in [1.807, 2.05) is 19.1 Å². The van der Waals surface area contributed by atoms with Crippen LogP contribution in [0.5, 0.6) is 0 Å². The predicted octanol–water partition coefficient (Wildman–Crippen LogP) is 4.20. The summed E-state index contributed by atoms with van der Waals surface area (Å²) in [6, 6.07) is 12.3. The quantitative estimate of drug-likeness (QED) is 0.788. The Hall–Kier alpha value is -2.04. The number of pyridine rings is 1. The zero-order valence-corrected chi connectivity index (χ0v) is 12.9. The van der Waals surface area contributed by atoms with E-state index in [0.29, 0.717) is 0 Å². The number of hydrogen-bond donors (Lipinski definition) is 1. The molecule has 0 bridgehead atoms. The maximum Gasteiger partial charge on any atom is 0.124 e. The summed E-state index contributed by atoms with van der Waals surface area (Å²) in [5.74, 6) is 0. The van der Waals surface area contributed by atoms with Gasteiger partial charge < -0.3 is 5.73 Å². The smallest absolute Gasteiger partial charge is 0.124 e. The minimum atomic E-state index is -0.0337. The first-order valence-electron chi connectivity index (χ1n) is 6.89. The normalized spacial score (nSPS) is 12.3. The lowest BCUT2D eigenvalue weighted by Crippen LogP contribution is -2.04. The molecule has 0 aliphatic heterocycles. The van der Waals surface area contributed by atoms with Gasteiger partial charge >= 0.3 is 0 Å². The van der Waals surface area contributed by atoms with Crippen LogP contribution in [0.2, 0.25) is 0 Å². The molecule has 3 aromatic rings. The van der Waals surface area contributed by atoms with Gasteiger partial charge in [0.05, 0.1) is 5.69 Å². The Morgan fingerprint density at radius 2 is 1.86 bits per heavy atom. The molecule has 1 aromatic carbocycles. The molecule has 3 rings (SSSR count). The molecule has 0 spiro atoms. The van der Waals surface area contributed by atoms with Crippen molar-refractivity contribution >= 4 is 11.3 Å². The van der Waals surface area contributed by atoms with E-state index in [1.54, 1.807) is 23.7 Å². The van der Waals surface area contributed by atoms with Crippen molar-refractivity contribution in [3.05, 3.63) is 59.2 Å². The molecule has 0 radical (unpaired) electrons. The van der Waals surface area contributed by atoms with Crippen molar-refractivity contribution in [3.8, 4) is 21.8 Å². The predicted molar refractivity (Wildman–Crippen MR) is 88.1 cm³/mol. The van der Waals surface area contributed by atoms with E-state index in [4.69, 9.17) is 10.7 Å². The van der Waals surface area contributed by atoms with Crippen molar-refractivity contribution in [1.29, 1.82) is 0 Å². The van der Waals surface area contributed by atoms with Crippen LogP contribution in [0.3, 0.4) is 0 Å². The van der Waals surface area contributed by atoms with Gasteiger partial charge in [0.2, 0.25) is 0 Å². The fourth-order valence-corrected chi connectivity index (χ4v) is 3.30. The maximum atomic E-state index is 6.14. The van der Waals surface area contributed by atoms with Gasteiger partial charge in [-0.3, -0.25) is 4.98 Å². The second-order valence-corrected chi connectivity index (χ2v) is 6.16. The van der Waals surface area contributed by atoms with Crippen molar-refractivity contribution in [2.75, 3.05) is 0 Å². The van der Waals surface area contributed by atoms with Gasteiger partial charge in [0, 0.05) is 34.4 Å². The van der Waals surface area contributed by atoms with Crippen LogP contribution in [0.1, 0.15) is 23.4 Å². The Morgan fingerprint density at radius 1 is 1.10 bits per heavy atom. The number of nitrogens with zero attached hydrogens (tertiary/aromatic N) is 2. The number of aromatic nitrogens is 2. The number of rotatable bonds is 3. The van der Waals surface area contributed by atoms with E-state index < -0.39 is 0 Å². The number of thiazole rings is 1. The largest absolute Gasteiger partial charge is 0.323 e. The van der Waals surface area contributed by atoms with E-state index >= 15 is 0 Å². The van der Waals surface area contributed by atoms with E-state index in [-0.39, 0.29) is 6.04 Å². The van der Waals surface area contributed by atoms with Crippen LogP contribution >= 0.6 is 11.3 Å². The number of aryl methyl sites for hydroxylation is 1. The van der Waals surface area contributed by atoms with Gasteiger partial charge in [0.15, 0.2) is 0 Å². The molecule has 106 valence electrons. The molecule has 0 saturated carbocycles. The van der Waals surface area contributed by atoms with E-state index in [2.05, 4.69) is 36.2 Å². The van der Waals surface area contributed by atoms with E-state index in [9.17, 15) is 0 Å². The summed E-state index contributed by atoms with van der Waals surface area (Å²) in [6.45, 7) is 4.09. The van der Waals surface area contributed by atoms with Gasteiger partial charge in [-0.1, -0.05) is 23.8 Å². The number of nitrogens with two attached hydrogens (primary N) is 1. The monoisotopic (exact) mass is 295 g/mol. The molecule has 0 aliphatic rings. The summed E-state index contributed by atoms with van der Waals surface area (Å²) in [7, 11) is 0. The maximum absolute atomic E-state index is 6.14. The summed E-state index contributed by atoms with van der Waals surface area (Å²) < 4.78 is 0. The third-order valence-electron chi connectivity index (χ3n) is 3.29. The highest BCUT2D eigenvalue weighted by molar-refractivity contribution is 7.15. The first-order chi connectivity index (χ1) is 10.1. The zero-order valence-electron chi connectivity index (χ0n) is 12.1. The summed E-state index contributed by atoms with van der Waals surface area (Å²) in [5.41, 5.74) is 10.6. The lowest BCUT2D eigenvalue weighted by molar-refractivity contribution is 0.837. The lowest BCUT2D eigenvalue weighted by atomic mass is 10.1. The molecular weight excluding hydrogens is 278 g/mol. The summed E-state index contributed by atoms with van der Waals surface area (Å²) in [6.07, 6.45) is 3.57. The van der Waals surface area contributed by atoms with Gasteiger partial charge in [0.25, 0.3) is 0 Å². The van der Waals surface area contributed by atoms with Gasteiger partial charge in [-0.25, -0.2) is 4.98 Å². The van der Waals surface area contributed by atoms with Gasteiger partial charge in [-0.15, -0.1) is 11.3 Å². The van der Waals surface area contributed by atoms with E-state index in [0.717, 1.165) is 26.7 Å². The van der Waals surface area contributed by atoms with Crippen LogP contribution < -0.4 is 5.73 Å². The molecule has 4 heteroatoms. The van der Waals surface area contributed by atoms with Crippen LogP contribution in [0, 0.1) is 6.92 Å². The van der Waals surface area contributed by atoms with Crippen molar-refractivity contribution < 1.29 is 0 Å². The average Bonchev–Trinajstić information content (AvgIpc) is 2.93. The Morgan fingerprint density at radius 3 is 2.52 bits per heavy atom. The standard InChI is InChI=1S/C17H17N3S/c1-11-4-3-5-14(10-11)15-16(12(2)18)21-17(20-15)13-6-8-19-9-7-13/h3-10,12H,18H2,1-2H3. The highest BCUT2D eigenvalue weighted by Crippen LogP contribution is 2.36. The van der Waals surface area contributed by atoms with Crippen LogP contribution in [0.25, 0.3) is 21.8 Å². The van der Waals surface area contributed by atoms with E-state index in [1.165, 1.54) is 5.56 Å². The SMILES string of the molecule is Cc1cccc(-c2nc(-c3ccncc3)sc2C(C)N)c1. The molecule has 21 heavy (non-hydrogen) atoms. The third kappa shape index (κ3) is 2.86. The molecule has 0 saturated heterocycles. The van der Waals surface area contributed by atoms with Gasteiger partial charge in [-0.2, -0.15) is 0 Å². The molecule has 1 unspecified atom stereocenters. The Balaban J connectivity index is 2.14. The third-order valence-corrected chi connectivity index (χ3v) is 4.59. The molecule has 0 amide bonds. The first kappa shape index (κ1) is 13.9. The Bertz CT molecular complexity index is 748. The molecule has 2 N–H and O–H groups in total. The second-order valence-electron chi connectivity index (χ2n) is 5.13. The van der Waals surface area contributed by atoms with Gasteiger partial charge in [-0.05, 0) is 32.0 Å². The van der Waals surface area contributed by atoms with Crippen molar-refractivity contribution in [3.63, 3.8) is 0 Å². The van der Waals surface area contributed by atoms with Crippen molar-refractivity contribution in [2.24, 2.45) is 5.73 Å². The average molecular weight is 295 g/mol. The molecular formula is C17H17N3S. The summed E-state index contributed by atoms with van der Waals surface area (Å²) in [4.78, 5) is 10.00. The summed E-state index contributed by atoms with van der Waals surface area (Å²) >= 11 is 1.66. The van der Waals surface area contributed by atoms with Crippen molar-refractivity contribution in [2.45, 2.75) is 19.9 Å². The second kappa shape index (κ2) is 5.76. The Kier molecular flexibility index (Phi) is 3.82. The first-order valence-corrected chi connectivity index (χ1v) is 7.70. The fraction of sp³-hybridized carbons (Fsp3) is 0.176. The molecule has 2 heterocycles. The van der Waals surface area contributed by atoms with Crippen LogP contribution in [-0.2, 0) is 0 Å². The molecule has 1 atom stereocenters. The molecule has 2 aromatic heterocycles.